The van der Waals surface area contributed by atoms with Crippen LogP contribution in [0.4, 0.5) is 0 Å². The van der Waals surface area contributed by atoms with Crippen molar-refractivity contribution in [1.82, 2.24) is 24.0 Å². The number of nitrogens with zero attached hydrogens (tertiary/aromatic N) is 5. The molecule has 34 heavy (non-hydrogen) atoms. The molecule has 2 aliphatic heterocycles. The molecule has 0 aliphatic carbocycles. The molecule has 5 rings (SSSR count). The summed E-state index contributed by atoms with van der Waals surface area (Å²) in [6.45, 7) is 4.09. The number of benzene rings is 2. The first kappa shape index (κ1) is 23.5. The lowest BCUT2D eigenvalue weighted by Gasteiger charge is -2.29. The molecule has 0 atom stereocenters. The Bertz CT molecular complexity index is 1240. The summed E-state index contributed by atoms with van der Waals surface area (Å²) in [6, 6.07) is 15.9. The van der Waals surface area contributed by atoms with Crippen LogP contribution in [-0.2, 0) is 30.0 Å². The van der Waals surface area contributed by atoms with Gasteiger partial charge in [0.2, 0.25) is 10.0 Å². The maximum Gasteiger partial charge on any atom is 0.243 e. The fourth-order valence-corrected chi connectivity index (χ4v) is 7.15. The predicted octanol–water partition coefficient (Wildman–Crippen LogP) is 3.81. The summed E-state index contributed by atoms with van der Waals surface area (Å²) in [6.07, 6.45) is 3.92. The third kappa shape index (κ3) is 4.93. The van der Waals surface area contributed by atoms with Crippen LogP contribution in [0.3, 0.4) is 0 Å². The quantitative estimate of drug-likeness (QED) is 0.348. The maximum atomic E-state index is 13.0. The van der Waals surface area contributed by atoms with E-state index in [1.54, 1.807) is 22.1 Å². The molecule has 3 aromatic rings. The largest absolute Gasteiger partial charge is 0.305 e. The highest BCUT2D eigenvalue weighted by Crippen LogP contribution is 2.27. The van der Waals surface area contributed by atoms with Crippen LogP contribution in [0.25, 0.3) is 11.4 Å². The van der Waals surface area contributed by atoms with Crippen molar-refractivity contribution in [2.45, 2.75) is 42.3 Å². The number of hydrogen-bond acceptors (Lipinski definition) is 6. The van der Waals surface area contributed by atoms with Crippen LogP contribution >= 0.6 is 11.8 Å². The van der Waals surface area contributed by atoms with Gasteiger partial charge >= 0.3 is 0 Å². The lowest BCUT2D eigenvalue weighted by Crippen LogP contribution is -2.32. The average molecular weight is 498 g/mol. The van der Waals surface area contributed by atoms with Crippen LogP contribution in [0.1, 0.15) is 30.4 Å². The first-order valence-corrected chi connectivity index (χ1v) is 14.4. The Morgan fingerprint density at radius 2 is 1.76 bits per heavy atom. The minimum atomic E-state index is -3.37. The van der Waals surface area contributed by atoms with Crippen LogP contribution in [-0.4, -0.2) is 64.3 Å². The number of thioether (sulfide) groups is 1. The third-order valence-corrected chi connectivity index (χ3v) is 9.69. The van der Waals surface area contributed by atoms with Crippen LogP contribution in [0.15, 0.2) is 58.6 Å². The van der Waals surface area contributed by atoms with Gasteiger partial charge in [0.25, 0.3) is 0 Å². The summed E-state index contributed by atoms with van der Waals surface area (Å²) in [5.41, 5.74) is 3.50. The molecule has 0 radical (unpaired) electrons. The van der Waals surface area contributed by atoms with E-state index in [0.717, 1.165) is 73.2 Å². The SMILES string of the molecule is Cn1c(SCCCN2CCc3ccc(S(=O)(=O)N4CCCC4)cc3C2)nnc1-c1ccccc1. The highest BCUT2D eigenvalue weighted by Gasteiger charge is 2.28. The van der Waals surface area contributed by atoms with Crippen LogP contribution in [0.2, 0.25) is 0 Å². The van der Waals surface area contributed by atoms with Crippen molar-refractivity contribution in [1.29, 1.82) is 0 Å². The standard InChI is InChI=1S/C25H31N5O2S2/c1-28-24(21-8-3-2-4-9-21)26-27-25(28)33-17-7-13-29-16-12-20-10-11-23(18-22(20)19-29)34(31,32)30-14-5-6-15-30/h2-4,8-11,18H,5-7,12-17,19H2,1H3. The van der Waals surface area contributed by atoms with E-state index in [1.165, 1.54) is 5.56 Å². The minimum Gasteiger partial charge on any atom is -0.305 e. The highest BCUT2D eigenvalue weighted by atomic mass is 32.2. The van der Waals surface area contributed by atoms with Gasteiger partial charge in [0.05, 0.1) is 4.90 Å². The van der Waals surface area contributed by atoms with Gasteiger partial charge in [-0.3, -0.25) is 4.90 Å². The lowest BCUT2D eigenvalue weighted by molar-refractivity contribution is 0.255. The number of rotatable bonds is 8. The molecule has 1 saturated heterocycles. The van der Waals surface area contributed by atoms with Crippen LogP contribution in [0.5, 0.6) is 0 Å². The van der Waals surface area contributed by atoms with E-state index >= 15 is 0 Å². The van der Waals surface area contributed by atoms with Gasteiger partial charge in [-0.2, -0.15) is 4.31 Å². The number of sulfonamides is 1. The first-order valence-electron chi connectivity index (χ1n) is 11.9. The molecule has 1 aromatic heterocycles. The Kier molecular flexibility index (Phi) is 7.06. The van der Waals surface area contributed by atoms with Gasteiger partial charge in [0.15, 0.2) is 11.0 Å². The first-order chi connectivity index (χ1) is 16.5. The van der Waals surface area contributed by atoms with Crippen molar-refractivity contribution < 1.29 is 8.42 Å². The summed E-state index contributed by atoms with van der Waals surface area (Å²) < 4.78 is 29.6. The number of aromatic nitrogens is 3. The molecule has 180 valence electrons. The van der Waals surface area contributed by atoms with Gasteiger partial charge in [-0.05, 0) is 55.5 Å². The molecule has 0 spiro atoms. The third-order valence-electron chi connectivity index (χ3n) is 6.69. The summed E-state index contributed by atoms with van der Waals surface area (Å²) >= 11 is 1.73. The van der Waals surface area contributed by atoms with Gasteiger partial charge < -0.3 is 4.57 Å². The molecule has 0 unspecified atom stereocenters. The zero-order valence-corrected chi connectivity index (χ0v) is 21.2. The number of fused-ring (bicyclic) bond motifs is 1. The Morgan fingerprint density at radius 3 is 2.56 bits per heavy atom. The minimum absolute atomic E-state index is 0.446. The summed E-state index contributed by atoms with van der Waals surface area (Å²) in [7, 11) is -1.35. The van der Waals surface area contributed by atoms with E-state index in [-0.39, 0.29) is 0 Å². The van der Waals surface area contributed by atoms with Gasteiger partial charge in [0.1, 0.15) is 0 Å². The van der Waals surface area contributed by atoms with Gasteiger partial charge in [-0.25, -0.2) is 8.42 Å². The van der Waals surface area contributed by atoms with Crippen LogP contribution in [0, 0.1) is 0 Å². The highest BCUT2D eigenvalue weighted by molar-refractivity contribution is 7.99. The topological polar surface area (TPSA) is 71.3 Å². The zero-order chi connectivity index (χ0) is 23.5. The molecule has 0 bridgehead atoms. The van der Waals surface area contributed by atoms with E-state index in [1.807, 2.05) is 37.4 Å². The zero-order valence-electron chi connectivity index (χ0n) is 19.6. The lowest BCUT2D eigenvalue weighted by atomic mass is 10.00. The molecule has 2 aromatic carbocycles. The Morgan fingerprint density at radius 1 is 0.971 bits per heavy atom. The van der Waals surface area contributed by atoms with Crippen molar-refractivity contribution in [3.05, 3.63) is 59.7 Å². The van der Waals surface area contributed by atoms with Gasteiger partial charge in [-0.15, -0.1) is 10.2 Å². The van der Waals surface area contributed by atoms with Crippen molar-refractivity contribution in [3.8, 4) is 11.4 Å². The molecule has 1 fully saturated rings. The van der Waals surface area contributed by atoms with Crippen molar-refractivity contribution in [2.75, 3.05) is 31.9 Å². The molecule has 0 saturated carbocycles. The fraction of sp³-hybridized carbons (Fsp3) is 0.440. The van der Waals surface area contributed by atoms with Gasteiger partial charge in [0, 0.05) is 44.5 Å². The molecule has 3 heterocycles. The molecule has 0 amide bonds. The molecular weight excluding hydrogens is 466 g/mol. The Labute approximate surface area is 206 Å². The summed E-state index contributed by atoms with van der Waals surface area (Å²) in [4.78, 5) is 2.88. The second kappa shape index (κ2) is 10.2. The smallest absolute Gasteiger partial charge is 0.243 e. The predicted molar refractivity (Wildman–Crippen MR) is 135 cm³/mol. The maximum absolute atomic E-state index is 13.0. The monoisotopic (exact) mass is 497 g/mol. The van der Waals surface area contributed by atoms with Crippen molar-refractivity contribution in [3.63, 3.8) is 0 Å². The second-order valence-electron chi connectivity index (χ2n) is 9.00. The Hall–Kier alpha value is -2.20. The Balaban J connectivity index is 1.16. The molecule has 0 N–H and O–H groups in total. The van der Waals surface area contributed by atoms with Crippen molar-refractivity contribution in [2.24, 2.45) is 7.05 Å². The fourth-order valence-electron chi connectivity index (χ4n) is 4.75. The number of hydrogen-bond donors (Lipinski definition) is 0. The van der Waals surface area contributed by atoms with Crippen molar-refractivity contribution >= 4 is 21.8 Å². The second-order valence-corrected chi connectivity index (χ2v) is 12.0. The molecular formula is C25H31N5O2S2. The molecule has 9 heteroatoms. The van der Waals surface area contributed by atoms with E-state index in [0.29, 0.717) is 18.0 Å². The molecule has 2 aliphatic rings. The summed E-state index contributed by atoms with van der Waals surface area (Å²) in [5.74, 6) is 1.85. The van der Waals surface area contributed by atoms with E-state index in [2.05, 4.69) is 31.8 Å². The van der Waals surface area contributed by atoms with E-state index < -0.39 is 10.0 Å². The van der Waals surface area contributed by atoms with E-state index in [4.69, 9.17) is 0 Å². The average Bonchev–Trinajstić information content (AvgIpc) is 3.53. The summed E-state index contributed by atoms with van der Waals surface area (Å²) in [5, 5.41) is 9.67. The van der Waals surface area contributed by atoms with Gasteiger partial charge in [-0.1, -0.05) is 48.2 Å². The van der Waals surface area contributed by atoms with Crippen LogP contribution < -0.4 is 0 Å². The molecule has 7 nitrogen and oxygen atoms in total. The van der Waals surface area contributed by atoms with E-state index in [9.17, 15) is 8.42 Å². The normalized spacial score (nSPS) is 17.2.